The first-order valence-corrected chi connectivity index (χ1v) is 10.2. The zero-order chi connectivity index (χ0) is 20.5. The van der Waals surface area contributed by atoms with E-state index in [0.717, 1.165) is 22.7 Å². The molecule has 1 aromatic heterocycles. The molecule has 2 aromatic carbocycles. The van der Waals surface area contributed by atoms with E-state index in [1.165, 1.54) is 11.3 Å². The van der Waals surface area contributed by atoms with Crippen molar-refractivity contribution in [3.05, 3.63) is 65.7 Å². The van der Waals surface area contributed by atoms with Crippen molar-refractivity contribution < 1.29 is 19.1 Å². The van der Waals surface area contributed by atoms with Gasteiger partial charge in [-0.05, 0) is 30.7 Å². The van der Waals surface area contributed by atoms with Crippen LogP contribution in [0.5, 0.6) is 11.5 Å². The maximum Gasteiger partial charge on any atom is 0.312 e. The second kappa shape index (κ2) is 10.4. The number of amides is 1. The van der Waals surface area contributed by atoms with E-state index >= 15 is 0 Å². The molecule has 29 heavy (non-hydrogen) atoms. The lowest BCUT2D eigenvalue weighted by atomic mass is 10.2. The smallest absolute Gasteiger partial charge is 0.312 e. The van der Waals surface area contributed by atoms with Crippen LogP contribution in [0.3, 0.4) is 0 Å². The summed E-state index contributed by atoms with van der Waals surface area (Å²) in [5, 5.41) is 5.26. The zero-order valence-corrected chi connectivity index (χ0v) is 16.9. The molecule has 150 valence electrons. The number of benzene rings is 2. The largest absolute Gasteiger partial charge is 0.457 e. The lowest BCUT2D eigenvalue weighted by molar-refractivity contribution is -0.147. The molecular formula is C22H22N2O4S. The molecule has 1 N–H and O–H groups in total. The Kier molecular flexibility index (Phi) is 7.35. The monoisotopic (exact) mass is 410 g/mol. The fourth-order valence-corrected chi connectivity index (χ4v) is 3.32. The van der Waals surface area contributed by atoms with E-state index in [-0.39, 0.29) is 18.9 Å². The van der Waals surface area contributed by atoms with Crippen LogP contribution in [-0.2, 0) is 20.7 Å². The highest BCUT2D eigenvalue weighted by atomic mass is 32.1. The number of para-hydroxylation sites is 1. The predicted octanol–water partition coefficient (Wildman–Crippen LogP) is 4.21. The molecule has 6 nitrogen and oxygen atoms in total. The van der Waals surface area contributed by atoms with Gasteiger partial charge >= 0.3 is 5.97 Å². The van der Waals surface area contributed by atoms with Crippen molar-refractivity contribution in [2.45, 2.75) is 19.8 Å². The van der Waals surface area contributed by atoms with Crippen LogP contribution >= 0.6 is 11.3 Å². The van der Waals surface area contributed by atoms with E-state index in [1.807, 2.05) is 66.9 Å². The maximum absolute atomic E-state index is 11.9. The summed E-state index contributed by atoms with van der Waals surface area (Å²) in [6, 6.07) is 17.2. The van der Waals surface area contributed by atoms with Gasteiger partial charge in [0.2, 0.25) is 0 Å². The standard InChI is InChI=1S/C22H22N2O4S/c1-2-11-23-20(25)14-27-21(26)13-17-15-29-22(24-17)16-7-6-10-19(12-16)28-18-8-4-3-5-9-18/h3-10,12,15H,2,11,13-14H2,1H3,(H,23,25). The minimum absolute atomic E-state index is 0.0256. The third-order valence-corrected chi connectivity index (χ3v) is 4.81. The Labute approximate surface area is 173 Å². The molecule has 0 saturated heterocycles. The number of thiazole rings is 1. The fraction of sp³-hybridized carbons (Fsp3) is 0.227. The summed E-state index contributed by atoms with van der Waals surface area (Å²) < 4.78 is 10.9. The Morgan fingerprint density at radius 2 is 1.86 bits per heavy atom. The van der Waals surface area contributed by atoms with Crippen molar-refractivity contribution in [2.75, 3.05) is 13.2 Å². The number of hydrogen-bond acceptors (Lipinski definition) is 6. The zero-order valence-electron chi connectivity index (χ0n) is 16.1. The minimum atomic E-state index is -0.477. The Hall–Kier alpha value is -3.19. The van der Waals surface area contributed by atoms with Gasteiger partial charge in [-0.25, -0.2) is 4.98 Å². The van der Waals surface area contributed by atoms with Crippen LogP contribution in [0.2, 0.25) is 0 Å². The molecule has 0 spiro atoms. The molecule has 0 aliphatic rings. The van der Waals surface area contributed by atoms with Gasteiger partial charge in [-0.15, -0.1) is 11.3 Å². The van der Waals surface area contributed by atoms with Gasteiger partial charge in [-0.2, -0.15) is 0 Å². The molecule has 0 atom stereocenters. The first kappa shape index (κ1) is 20.5. The van der Waals surface area contributed by atoms with E-state index < -0.39 is 5.97 Å². The van der Waals surface area contributed by atoms with Gasteiger partial charge in [0.15, 0.2) is 6.61 Å². The highest BCUT2D eigenvalue weighted by Crippen LogP contribution is 2.29. The Bertz CT molecular complexity index is 956. The van der Waals surface area contributed by atoms with Gasteiger partial charge in [0, 0.05) is 17.5 Å². The number of carbonyl (C=O) groups is 2. The van der Waals surface area contributed by atoms with E-state index in [9.17, 15) is 9.59 Å². The Balaban J connectivity index is 1.57. The van der Waals surface area contributed by atoms with Gasteiger partial charge in [0.1, 0.15) is 16.5 Å². The molecule has 0 saturated carbocycles. The molecule has 0 radical (unpaired) electrons. The van der Waals surface area contributed by atoms with E-state index in [1.54, 1.807) is 0 Å². The molecule has 0 unspecified atom stereocenters. The molecule has 3 aromatic rings. The number of ether oxygens (including phenoxy) is 2. The number of nitrogens with one attached hydrogen (secondary N) is 1. The molecule has 3 rings (SSSR count). The van der Waals surface area contributed by atoms with Gasteiger partial charge in [0.05, 0.1) is 12.1 Å². The highest BCUT2D eigenvalue weighted by Gasteiger charge is 2.12. The summed E-state index contributed by atoms with van der Waals surface area (Å²) in [5.41, 5.74) is 1.51. The van der Waals surface area contributed by atoms with Crippen LogP contribution in [0.15, 0.2) is 60.0 Å². The quantitative estimate of drug-likeness (QED) is 0.535. The van der Waals surface area contributed by atoms with Crippen LogP contribution in [0, 0.1) is 0 Å². The van der Waals surface area contributed by atoms with Crippen LogP contribution < -0.4 is 10.1 Å². The number of nitrogens with zero attached hydrogens (tertiary/aromatic N) is 1. The molecule has 1 amide bonds. The third kappa shape index (κ3) is 6.43. The first-order valence-electron chi connectivity index (χ1n) is 9.34. The number of carbonyl (C=O) groups excluding carboxylic acids is 2. The number of hydrogen-bond donors (Lipinski definition) is 1. The lowest BCUT2D eigenvalue weighted by Crippen LogP contribution is -2.29. The Morgan fingerprint density at radius 1 is 1.07 bits per heavy atom. The van der Waals surface area contributed by atoms with Crippen molar-refractivity contribution in [3.63, 3.8) is 0 Å². The minimum Gasteiger partial charge on any atom is -0.457 e. The molecule has 0 fully saturated rings. The average molecular weight is 410 g/mol. The summed E-state index contributed by atoms with van der Waals surface area (Å²) in [5.74, 6) is 0.696. The second-order valence-electron chi connectivity index (χ2n) is 6.27. The summed E-state index contributed by atoms with van der Waals surface area (Å²) in [6.45, 7) is 2.25. The van der Waals surface area contributed by atoms with Crippen molar-refractivity contribution in [1.29, 1.82) is 0 Å². The SMILES string of the molecule is CCCNC(=O)COC(=O)Cc1csc(-c2cccc(Oc3ccccc3)c2)n1. The van der Waals surface area contributed by atoms with Crippen LogP contribution in [0.25, 0.3) is 10.6 Å². The van der Waals surface area contributed by atoms with Crippen LogP contribution in [-0.4, -0.2) is 30.0 Å². The normalized spacial score (nSPS) is 10.4. The van der Waals surface area contributed by atoms with Crippen molar-refractivity contribution in [1.82, 2.24) is 10.3 Å². The van der Waals surface area contributed by atoms with Gasteiger partial charge in [0.25, 0.3) is 5.91 Å². The van der Waals surface area contributed by atoms with E-state index in [0.29, 0.717) is 18.0 Å². The van der Waals surface area contributed by atoms with Crippen molar-refractivity contribution in [2.24, 2.45) is 0 Å². The van der Waals surface area contributed by atoms with E-state index in [2.05, 4.69) is 10.3 Å². The lowest BCUT2D eigenvalue weighted by Gasteiger charge is -2.06. The summed E-state index contributed by atoms with van der Waals surface area (Å²) in [4.78, 5) is 27.9. The molecule has 7 heteroatoms. The summed E-state index contributed by atoms with van der Waals surface area (Å²) in [6.07, 6.45) is 0.858. The molecule has 0 bridgehead atoms. The maximum atomic E-state index is 11.9. The number of esters is 1. The highest BCUT2D eigenvalue weighted by molar-refractivity contribution is 7.13. The van der Waals surface area contributed by atoms with Crippen LogP contribution in [0.1, 0.15) is 19.0 Å². The molecule has 0 aliphatic carbocycles. The topological polar surface area (TPSA) is 77.5 Å². The van der Waals surface area contributed by atoms with Crippen molar-refractivity contribution in [3.8, 4) is 22.1 Å². The average Bonchev–Trinajstić information content (AvgIpc) is 3.20. The van der Waals surface area contributed by atoms with E-state index in [4.69, 9.17) is 9.47 Å². The van der Waals surface area contributed by atoms with Gasteiger partial charge < -0.3 is 14.8 Å². The molecule has 1 heterocycles. The first-order chi connectivity index (χ1) is 14.1. The summed E-state index contributed by atoms with van der Waals surface area (Å²) >= 11 is 1.44. The van der Waals surface area contributed by atoms with Crippen molar-refractivity contribution >= 4 is 23.2 Å². The number of aromatic nitrogens is 1. The van der Waals surface area contributed by atoms with Gasteiger partial charge in [-0.3, -0.25) is 9.59 Å². The predicted molar refractivity (Wildman–Crippen MR) is 112 cm³/mol. The fourth-order valence-electron chi connectivity index (χ4n) is 2.50. The third-order valence-electron chi connectivity index (χ3n) is 3.87. The van der Waals surface area contributed by atoms with Crippen LogP contribution in [0.4, 0.5) is 0 Å². The van der Waals surface area contributed by atoms with Gasteiger partial charge in [-0.1, -0.05) is 37.3 Å². The Morgan fingerprint density at radius 3 is 2.66 bits per heavy atom. The second-order valence-corrected chi connectivity index (χ2v) is 7.13. The number of rotatable bonds is 9. The molecular weight excluding hydrogens is 388 g/mol. The summed E-state index contributed by atoms with van der Waals surface area (Å²) in [7, 11) is 0. The molecule has 0 aliphatic heterocycles.